The smallest absolute Gasteiger partial charge is 0.404 e. The number of amides is 3. The molecule has 0 aromatic heterocycles. The topological polar surface area (TPSA) is 120 Å². The second-order valence-electron chi connectivity index (χ2n) is 8.25. The number of para-hydroxylation sites is 1. The minimum absolute atomic E-state index is 0.205. The molecule has 0 bridgehead atoms. The minimum atomic E-state index is -1.43. The Morgan fingerprint density at radius 3 is 2.59 bits per heavy atom. The number of nitrogens with one attached hydrogen (secondary N) is 3. The molecule has 1 aliphatic rings. The number of carboxylic acid groups (broad SMARTS) is 1. The molecule has 1 heterocycles. The first-order valence-electron chi connectivity index (χ1n) is 10.9. The summed E-state index contributed by atoms with van der Waals surface area (Å²) < 4.78 is 5.59. The number of nitrogens with zero attached hydrogens (tertiary/aromatic N) is 1. The van der Waals surface area contributed by atoms with Crippen LogP contribution in [0.4, 0.5) is 10.5 Å². The summed E-state index contributed by atoms with van der Waals surface area (Å²) in [5.41, 5.74) is 0.316. The number of hydrogen-bond donors (Lipinski definition) is 4. The molecule has 0 saturated heterocycles. The highest BCUT2D eigenvalue weighted by molar-refractivity contribution is 6.31. The molecule has 0 spiro atoms. The number of anilines is 1. The quantitative estimate of drug-likeness (QED) is 0.381. The molecular formula is C24H29ClN4O5. The van der Waals surface area contributed by atoms with Crippen LogP contribution in [0, 0.1) is 0 Å². The van der Waals surface area contributed by atoms with E-state index in [1.807, 2.05) is 0 Å². The summed E-state index contributed by atoms with van der Waals surface area (Å²) in [5.74, 6) is -0.0678. The fourth-order valence-electron chi connectivity index (χ4n) is 4.22. The van der Waals surface area contributed by atoms with Gasteiger partial charge >= 0.3 is 6.09 Å². The van der Waals surface area contributed by atoms with Gasteiger partial charge in [0.05, 0.1) is 13.2 Å². The molecular weight excluding hydrogens is 460 g/mol. The van der Waals surface area contributed by atoms with Crippen LogP contribution in [0.5, 0.6) is 5.75 Å². The summed E-state index contributed by atoms with van der Waals surface area (Å²) in [6.45, 7) is 0.273. The highest BCUT2D eigenvalue weighted by Crippen LogP contribution is 2.45. The zero-order chi connectivity index (χ0) is 24.9. The highest BCUT2D eigenvalue weighted by Gasteiger charge is 2.51. The van der Waals surface area contributed by atoms with Gasteiger partial charge in [0, 0.05) is 42.5 Å². The van der Waals surface area contributed by atoms with E-state index in [-0.39, 0.29) is 18.4 Å². The molecule has 4 N–H and O–H groups in total. The molecule has 0 fully saturated rings. The standard InChI is InChI=1S/C24H29ClN4O5/c1-29(2)21(30)19(9-6-7-13-26-23(32)33)28-24(16-8-4-5-10-20(16)34-3)17-14-15(25)11-12-18(17)27-22(24)31/h4-5,8,10-12,14,19,26,28H,6-7,9,13H2,1-3H3,(H,27,31)(H,32,33)/t19-,24?/m0/s1. The third-order valence-corrected chi connectivity index (χ3v) is 6.05. The van der Waals surface area contributed by atoms with E-state index in [0.717, 1.165) is 0 Å². The number of halogens is 1. The van der Waals surface area contributed by atoms with Crippen molar-refractivity contribution in [2.24, 2.45) is 0 Å². The van der Waals surface area contributed by atoms with Gasteiger partial charge in [-0.05, 0) is 43.5 Å². The summed E-state index contributed by atoms with van der Waals surface area (Å²) in [6, 6.07) is 11.6. The molecule has 10 heteroatoms. The number of benzene rings is 2. The summed E-state index contributed by atoms with van der Waals surface area (Å²) in [7, 11) is 4.83. The molecule has 182 valence electrons. The molecule has 2 aromatic carbocycles. The molecule has 34 heavy (non-hydrogen) atoms. The first-order chi connectivity index (χ1) is 16.2. The van der Waals surface area contributed by atoms with Crippen LogP contribution in [-0.4, -0.2) is 61.7 Å². The molecule has 0 radical (unpaired) electrons. The van der Waals surface area contributed by atoms with Gasteiger partial charge in [0.2, 0.25) is 5.91 Å². The maximum atomic E-state index is 13.6. The third-order valence-electron chi connectivity index (χ3n) is 5.81. The van der Waals surface area contributed by atoms with Crippen LogP contribution in [0.3, 0.4) is 0 Å². The molecule has 1 aliphatic heterocycles. The van der Waals surface area contributed by atoms with E-state index in [1.54, 1.807) is 56.6 Å². The van der Waals surface area contributed by atoms with Gasteiger partial charge in [0.15, 0.2) is 5.54 Å². The van der Waals surface area contributed by atoms with Gasteiger partial charge in [-0.1, -0.05) is 29.8 Å². The second-order valence-corrected chi connectivity index (χ2v) is 8.69. The lowest BCUT2D eigenvalue weighted by Crippen LogP contribution is -2.57. The fraction of sp³-hybridized carbons (Fsp3) is 0.375. The lowest BCUT2D eigenvalue weighted by Gasteiger charge is -2.35. The maximum absolute atomic E-state index is 13.6. The normalized spacial score (nSPS) is 17.5. The van der Waals surface area contributed by atoms with E-state index in [1.165, 1.54) is 12.0 Å². The van der Waals surface area contributed by atoms with E-state index in [0.29, 0.717) is 46.8 Å². The first kappa shape index (κ1) is 25.3. The SMILES string of the molecule is COc1ccccc1C1(N[C@@H](CCCCNC(=O)O)C(=O)N(C)C)C(=O)Nc2ccc(Cl)cc21. The van der Waals surface area contributed by atoms with Crippen molar-refractivity contribution < 1.29 is 24.2 Å². The minimum Gasteiger partial charge on any atom is -0.496 e. The lowest BCUT2D eigenvalue weighted by molar-refractivity contribution is -0.132. The Balaban J connectivity index is 2.06. The Bertz CT molecular complexity index is 1080. The molecule has 0 aliphatic carbocycles. The van der Waals surface area contributed by atoms with Crippen molar-refractivity contribution in [2.45, 2.75) is 30.8 Å². The number of unbranched alkanes of at least 4 members (excludes halogenated alkanes) is 1. The largest absolute Gasteiger partial charge is 0.496 e. The summed E-state index contributed by atoms with van der Waals surface area (Å²) in [4.78, 5) is 39.0. The summed E-state index contributed by atoms with van der Waals surface area (Å²) >= 11 is 6.32. The predicted molar refractivity (Wildman–Crippen MR) is 129 cm³/mol. The number of carbonyl (C=O) groups excluding carboxylic acids is 2. The Morgan fingerprint density at radius 2 is 1.91 bits per heavy atom. The number of rotatable bonds is 10. The van der Waals surface area contributed by atoms with Gasteiger partial charge in [-0.2, -0.15) is 0 Å². The van der Waals surface area contributed by atoms with Crippen LogP contribution in [-0.2, 0) is 15.1 Å². The van der Waals surface area contributed by atoms with Gasteiger partial charge in [-0.25, -0.2) is 4.79 Å². The van der Waals surface area contributed by atoms with Crippen molar-refractivity contribution in [3.8, 4) is 5.75 Å². The van der Waals surface area contributed by atoms with E-state index in [9.17, 15) is 14.4 Å². The predicted octanol–water partition coefficient (Wildman–Crippen LogP) is 3.03. The van der Waals surface area contributed by atoms with Crippen molar-refractivity contribution in [1.82, 2.24) is 15.5 Å². The number of ether oxygens (including phenoxy) is 1. The Labute approximate surface area is 203 Å². The number of likely N-dealkylation sites (N-methyl/N-ethyl adjacent to an activating group) is 1. The molecule has 3 amide bonds. The maximum Gasteiger partial charge on any atom is 0.404 e. The van der Waals surface area contributed by atoms with Crippen molar-refractivity contribution in [3.63, 3.8) is 0 Å². The van der Waals surface area contributed by atoms with Crippen LogP contribution in [0.1, 0.15) is 30.4 Å². The molecule has 9 nitrogen and oxygen atoms in total. The van der Waals surface area contributed by atoms with Crippen molar-refractivity contribution in [3.05, 3.63) is 58.6 Å². The van der Waals surface area contributed by atoms with Gasteiger partial charge in [0.1, 0.15) is 5.75 Å². The van der Waals surface area contributed by atoms with Crippen LogP contribution < -0.4 is 20.7 Å². The fourth-order valence-corrected chi connectivity index (χ4v) is 4.39. The zero-order valence-corrected chi connectivity index (χ0v) is 20.1. The van der Waals surface area contributed by atoms with E-state index in [2.05, 4.69) is 16.0 Å². The van der Waals surface area contributed by atoms with Crippen molar-refractivity contribution in [1.29, 1.82) is 0 Å². The summed E-state index contributed by atoms with van der Waals surface area (Å²) in [6.07, 6.45) is 0.397. The lowest BCUT2D eigenvalue weighted by atomic mass is 9.82. The van der Waals surface area contributed by atoms with Crippen molar-refractivity contribution >= 4 is 35.2 Å². The van der Waals surface area contributed by atoms with Crippen LogP contribution in [0.25, 0.3) is 0 Å². The van der Waals surface area contributed by atoms with E-state index in [4.69, 9.17) is 21.4 Å². The molecule has 2 aromatic rings. The average molecular weight is 489 g/mol. The van der Waals surface area contributed by atoms with Crippen LogP contribution >= 0.6 is 11.6 Å². The Hall–Kier alpha value is -3.30. The third kappa shape index (κ3) is 5.10. The Kier molecular flexibility index (Phi) is 8.01. The van der Waals surface area contributed by atoms with Crippen molar-refractivity contribution in [2.75, 3.05) is 33.1 Å². The molecule has 1 unspecified atom stereocenters. The van der Waals surface area contributed by atoms with Gasteiger partial charge < -0.3 is 25.4 Å². The number of carbonyl (C=O) groups is 3. The van der Waals surface area contributed by atoms with Gasteiger partial charge in [-0.15, -0.1) is 0 Å². The number of fused-ring (bicyclic) bond motifs is 1. The highest BCUT2D eigenvalue weighted by atomic mass is 35.5. The number of hydrogen-bond acceptors (Lipinski definition) is 5. The second kappa shape index (κ2) is 10.8. The van der Waals surface area contributed by atoms with Gasteiger partial charge in [0.25, 0.3) is 5.91 Å². The number of methoxy groups -OCH3 is 1. The van der Waals surface area contributed by atoms with E-state index >= 15 is 0 Å². The van der Waals surface area contributed by atoms with E-state index < -0.39 is 17.7 Å². The zero-order valence-electron chi connectivity index (χ0n) is 19.4. The summed E-state index contributed by atoms with van der Waals surface area (Å²) in [5, 5.41) is 17.8. The average Bonchev–Trinajstić information content (AvgIpc) is 3.08. The van der Waals surface area contributed by atoms with Gasteiger partial charge in [-0.3, -0.25) is 14.9 Å². The molecule has 0 saturated carbocycles. The molecule has 3 rings (SSSR count). The Morgan fingerprint density at radius 1 is 1.18 bits per heavy atom. The first-order valence-corrected chi connectivity index (χ1v) is 11.3. The monoisotopic (exact) mass is 488 g/mol. The van der Waals surface area contributed by atoms with Crippen LogP contribution in [0.2, 0.25) is 5.02 Å². The van der Waals surface area contributed by atoms with Crippen LogP contribution in [0.15, 0.2) is 42.5 Å². The molecule has 2 atom stereocenters.